The van der Waals surface area contributed by atoms with E-state index in [9.17, 15) is 0 Å². The molecule has 1 aliphatic heterocycles. The van der Waals surface area contributed by atoms with Gasteiger partial charge in [0.15, 0.2) is 12.0 Å². The number of para-hydroxylation sites is 2. The van der Waals surface area contributed by atoms with Gasteiger partial charge in [-0.15, -0.1) is 0 Å². The van der Waals surface area contributed by atoms with Gasteiger partial charge in [0, 0.05) is 21.8 Å². The number of halogens is 3. The Morgan fingerprint density at radius 1 is 0.650 bits per heavy atom. The molecule has 0 saturated heterocycles. The van der Waals surface area contributed by atoms with Crippen LogP contribution in [0.25, 0.3) is 0 Å². The highest BCUT2D eigenvalue weighted by Crippen LogP contribution is 2.44. The summed E-state index contributed by atoms with van der Waals surface area (Å²) in [7, 11) is 0. The number of hydrogen-bond acceptors (Lipinski definition) is 4. The van der Waals surface area contributed by atoms with Crippen LogP contribution in [0.3, 0.4) is 0 Å². The smallest absolute Gasteiger partial charge is 0.162 e. The van der Waals surface area contributed by atoms with Gasteiger partial charge >= 0.3 is 0 Å². The fourth-order valence-corrected chi connectivity index (χ4v) is 5.15. The van der Waals surface area contributed by atoms with Crippen molar-refractivity contribution in [3.63, 3.8) is 0 Å². The van der Waals surface area contributed by atoms with Gasteiger partial charge in [-0.25, -0.2) is 5.01 Å². The minimum absolute atomic E-state index is 0.378. The number of rotatable bonds is 7. The number of nitrogens with zero attached hydrogens (tertiary/aromatic N) is 3. The van der Waals surface area contributed by atoms with Crippen molar-refractivity contribution >= 4 is 52.0 Å². The molecular weight excluding hydrogens is 561 g/mol. The van der Waals surface area contributed by atoms with Crippen molar-refractivity contribution in [1.29, 1.82) is 0 Å². The number of hydrogen-bond donors (Lipinski definition) is 0. The largest absolute Gasteiger partial charge is 0.488 e. The van der Waals surface area contributed by atoms with Crippen LogP contribution in [0.5, 0.6) is 5.75 Å². The fourth-order valence-electron chi connectivity index (χ4n) is 4.73. The van der Waals surface area contributed by atoms with E-state index in [0.29, 0.717) is 21.7 Å². The molecule has 0 amide bonds. The van der Waals surface area contributed by atoms with Crippen LogP contribution >= 0.6 is 34.8 Å². The van der Waals surface area contributed by atoms with E-state index in [4.69, 9.17) is 44.6 Å². The molecule has 1 atom stereocenters. The Hall–Kier alpha value is -3.96. The molecule has 0 spiro atoms. The lowest BCUT2D eigenvalue weighted by Crippen LogP contribution is -2.36. The molecule has 0 unspecified atom stereocenters. The summed E-state index contributed by atoms with van der Waals surface area (Å²) in [6.45, 7) is 0.394. The van der Waals surface area contributed by atoms with Crippen molar-refractivity contribution in [2.24, 2.45) is 5.10 Å². The lowest BCUT2D eigenvalue weighted by Gasteiger charge is -2.33. The highest BCUT2D eigenvalue weighted by Gasteiger charge is 2.39. The number of ether oxygens (including phenoxy) is 1. The van der Waals surface area contributed by atoms with E-state index in [-0.39, 0.29) is 6.17 Å². The van der Waals surface area contributed by atoms with Crippen molar-refractivity contribution in [1.82, 2.24) is 0 Å². The molecule has 0 bridgehead atoms. The van der Waals surface area contributed by atoms with E-state index in [0.717, 1.165) is 39.7 Å². The maximum absolute atomic E-state index is 6.55. The maximum atomic E-state index is 6.55. The summed E-state index contributed by atoms with van der Waals surface area (Å²) in [5.74, 6) is 1.53. The summed E-state index contributed by atoms with van der Waals surface area (Å²) in [6.07, 6.45) is -0.378. The van der Waals surface area contributed by atoms with Crippen molar-refractivity contribution in [2.45, 2.75) is 12.8 Å². The minimum atomic E-state index is -0.378. The quantitative estimate of drug-likeness (QED) is 0.191. The topological polar surface area (TPSA) is 28.1 Å². The Labute approximate surface area is 248 Å². The third-order valence-electron chi connectivity index (χ3n) is 6.65. The third-order valence-corrected chi connectivity index (χ3v) is 7.64. The Bertz CT molecular complexity index is 1640. The van der Waals surface area contributed by atoms with Gasteiger partial charge in [-0.05, 0) is 54.1 Å². The zero-order chi connectivity index (χ0) is 27.5. The second kappa shape index (κ2) is 11.6. The van der Waals surface area contributed by atoms with E-state index >= 15 is 0 Å². The van der Waals surface area contributed by atoms with E-state index in [1.807, 2.05) is 102 Å². The molecular formula is C33H24Cl3N3O. The first-order valence-electron chi connectivity index (χ1n) is 12.8. The van der Waals surface area contributed by atoms with Crippen LogP contribution in [0.4, 0.5) is 11.4 Å². The van der Waals surface area contributed by atoms with Crippen LogP contribution in [-0.2, 0) is 6.61 Å². The Morgan fingerprint density at radius 3 is 2.05 bits per heavy atom. The van der Waals surface area contributed by atoms with Gasteiger partial charge in [0.2, 0.25) is 0 Å². The molecule has 1 heterocycles. The van der Waals surface area contributed by atoms with Crippen LogP contribution in [0.15, 0.2) is 132 Å². The number of anilines is 2. The number of hydrazone groups is 1. The molecule has 5 aromatic carbocycles. The zero-order valence-electron chi connectivity index (χ0n) is 21.3. The van der Waals surface area contributed by atoms with Crippen molar-refractivity contribution in [3.05, 3.63) is 159 Å². The van der Waals surface area contributed by atoms with Crippen molar-refractivity contribution < 1.29 is 4.74 Å². The molecule has 0 fully saturated rings. The van der Waals surface area contributed by atoms with Gasteiger partial charge in [-0.3, -0.25) is 4.90 Å². The average Bonchev–Trinajstić information content (AvgIpc) is 3.40. The van der Waals surface area contributed by atoms with Crippen LogP contribution in [0, 0.1) is 0 Å². The lowest BCUT2D eigenvalue weighted by molar-refractivity contribution is 0.301. The fraction of sp³-hybridized carbons (Fsp3) is 0.0606. The first-order chi connectivity index (χ1) is 19.6. The first kappa shape index (κ1) is 26.3. The molecule has 198 valence electrons. The number of benzene rings is 5. The predicted octanol–water partition coefficient (Wildman–Crippen LogP) is 9.61. The second-order valence-corrected chi connectivity index (χ2v) is 10.5. The summed E-state index contributed by atoms with van der Waals surface area (Å²) in [6, 6.07) is 41.6. The van der Waals surface area contributed by atoms with Gasteiger partial charge < -0.3 is 4.74 Å². The summed E-state index contributed by atoms with van der Waals surface area (Å²) in [5.41, 5.74) is 4.73. The molecule has 0 saturated carbocycles. The van der Waals surface area contributed by atoms with Crippen molar-refractivity contribution in [2.75, 3.05) is 9.91 Å². The van der Waals surface area contributed by atoms with Gasteiger partial charge in [0.05, 0.1) is 15.7 Å². The van der Waals surface area contributed by atoms with Gasteiger partial charge in [0.1, 0.15) is 12.4 Å². The minimum Gasteiger partial charge on any atom is -0.488 e. The van der Waals surface area contributed by atoms with Crippen molar-refractivity contribution in [3.8, 4) is 5.75 Å². The molecule has 5 aromatic rings. The molecule has 4 nitrogen and oxygen atoms in total. The van der Waals surface area contributed by atoms with Crippen LogP contribution in [0.2, 0.25) is 15.1 Å². The van der Waals surface area contributed by atoms with E-state index in [2.05, 4.69) is 35.2 Å². The third kappa shape index (κ3) is 5.39. The van der Waals surface area contributed by atoms with Crippen LogP contribution in [0.1, 0.15) is 22.9 Å². The number of amidine groups is 1. The van der Waals surface area contributed by atoms with Crippen LogP contribution in [-0.4, -0.2) is 5.84 Å². The van der Waals surface area contributed by atoms with Crippen LogP contribution < -0.4 is 14.6 Å². The molecule has 1 aliphatic rings. The van der Waals surface area contributed by atoms with Gasteiger partial charge in [0.25, 0.3) is 0 Å². The van der Waals surface area contributed by atoms with E-state index in [1.54, 1.807) is 0 Å². The molecule has 7 heteroatoms. The summed E-state index contributed by atoms with van der Waals surface area (Å²) >= 11 is 19.0. The Morgan fingerprint density at radius 2 is 1.32 bits per heavy atom. The second-order valence-electron chi connectivity index (χ2n) is 9.26. The highest BCUT2D eigenvalue weighted by molar-refractivity contribution is 6.42. The molecule has 40 heavy (non-hydrogen) atoms. The molecule has 0 N–H and O–H groups in total. The van der Waals surface area contributed by atoms with Gasteiger partial charge in [-0.2, -0.15) is 5.10 Å². The normalized spacial score (nSPS) is 14.8. The van der Waals surface area contributed by atoms with Gasteiger partial charge in [-0.1, -0.05) is 114 Å². The molecule has 6 rings (SSSR count). The monoisotopic (exact) mass is 583 g/mol. The standard InChI is InChI=1S/C33H24Cl3N3O/c34-25-17-15-23(16-18-25)22-40-31-14-8-7-13-28(31)33-38(27-19-20-29(35)30(36)21-27)32(24-9-3-1-4-10-24)37-39(33)26-11-5-2-6-12-26/h1-21,33H,22H2/t33-/m1/s1. The highest BCUT2D eigenvalue weighted by atomic mass is 35.5. The molecule has 0 aliphatic carbocycles. The lowest BCUT2D eigenvalue weighted by atomic mass is 10.1. The Kier molecular flexibility index (Phi) is 7.65. The summed E-state index contributed by atoms with van der Waals surface area (Å²) in [5, 5.41) is 8.87. The first-order valence-corrected chi connectivity index (χ1v) is 13.9. The van der Waals surface area contributed by atoms with E-state index < -0.39 is 0 Å². The predicted molar refractivity (Wildman–Crippen MR) is 166 cm³/mol. The Balaban J connectivity index is 1.50. The van der Waals surface area contributed by atoms with E-state index in [1.165, 1.54) is 0 Å². The molecule has 0 radical (unpaired) electrons. The summed E-state index contributed by atoms with van der Waals surface area (Å²) in [4.78, 5) is 2.18. The molecule has 0 aromatic heterocycles. The summed E-state index contributed by atoms with van der Waals surface area (Å²) < 4.78 is 6.43. The zero-order valence-corrected chi connectivity index (χ0v) is 23.6. The maximum Gasteiger partial charge on any atom is 0.162 e. The average molecular weight is 585 g/mol. The SMILES string of the molecule is Clc1ccc(COc2ccccc2[C@H]2N(c3ccccc3)N=C(c3ccccc3)N2c2ccc(Cl)c(Cl)c2)cc1.